The standard InChI is InChI=1S/C47H75N3O9/c1-8-10-11-12-13-14-15-16-17-20-27-48-44(53)57-35-25-26-40-38(32-35)42-36(24-19-22-29-52)34(23-18-21-28-51)31-37-39(49-59-46(3,4)5)33-41(50(6)45(54)55-7)47(58-40,43(37)42)56-30-9-2/h9,25-26,31-32,34,36,41-43,51-52H,2,8,10-24,27-30,33H2,1,3-7H3,(H,48,53). The highest BCUT2D eigenvalue weighted by Gasteiger charge is 2.65. The normalized spacial score (nSPS) is 24.0. The molecule has 0 radical (unpaired) electrons. The highest BCUT2D eigenvalue weighted by molar-refractivity contribution is 6.03. The van der Waals surface area contributed by atoms with E-state index in [4.69, 9.17) is 28.9 Å². The van der Waals surface area contributed by atoms with Crippen molar-refractivity contribution in [2.45, 2.75) is 160 Å². The van der Waals surface area contributed by atoms with Gasteiger partial charge in [-0.05, 0) is 88.5 Å². The number of nitrogens with zero attached hydrogens (tertiary/aromatic N) is 2. The molecule has 3 N–H and O–H groups in total. The first kappa shape index (κ1) is 48.1. The van der Waals surface area contributed by atoms with Crippen LogP contribution in [0, 0.1) is 17.8 Å². The van der Waals surface area contributed by atoms with Gasteiger partial charge in [0, 0.05) is 44.7 Å². The molecule has 12 nitrogen and oxygen atoms in total. The minimum Gasteiger partial charge on any atom is -0.459 e. The number of nitrogens with one attached hydrogen (secondary N) is 1. The molecule has 1 aromatic carbocycles. The van der Waals surface area contributed by atoms with Crippen molar-refractivity contribution in [1.82, 2.24) is 10.2 Å². The van der Waals surface area contributed by atoms with Crippen molar-refractivity contribution in [3.8, 4) is 11.5 Å². The van der Waals surface area contributed by atoms with Crippen LogP contribution in [0.2, 0.25) is 0 Å². The second kappa shape index (κ2) is 24.0. The van der Waals surface area contributed by atoms with Crippen LogP contribution in [0.1, 0.15) is 148 Å². The first-order valence-corrected chi connectivity index (χ1v) is 22.5. The lowest BCUT2D eigenvalue weighted by Crippen LogP contribution is -2.69. The summed E-state index contributed by atoms with van der Waals surface area (Å²) in [6.07, 6.45) is 19.9. The average molecular weight is 826 g/mol. The molecule has 3 aliphatic rings. The third kappa shape index (κ3) is 13.2. The Labute approximate surface area is 354 Å². The maximum Gasteiger partial charge on any atom is 0.412 e. The van der Waals surface area contributed by atoms with Gasteiger partial charge >= 0.3 is 12.2 Å². The first-order valence-electron chi connectivity index (χ1n) is 22.5. The Kier molecular flexibility index (Phi) is 19.5. The number of allylic oxidation sites excluding steroid dienone is 1. The molecular formula is C47H75N3O9. The van der Waals surface area contributed by atoms with Gasteiger partial charge in [-0.1, -0.05) is 94.9 Å². The minimum absolute atomic E-state index is 0.0377. The van der Waals surface area contributed by atoms with Gasteiger partial charge in [-0.25, -0.2) is 9.59 Å². The average Bonchev–Trinajstić information content (AvgIpc) is 3.21. The molecule has 332 valence electrons. The van der Waals surface area contributed by atoms with E-state index in [-0.39, 0.29) is 44.0 Å². The second-order valence-electron chi connectivity index (χ2n) is 17.6. The van der Waals surface area contributed by atoms with E-state index >= 15 is 0 Å². The number of hydrogen-bond donors (Lipinski definition) is 3. The Balaban J connectivity index is 1.73. The fourth-order valence-corrected chi connectivity index (χ4v) is 9.20. The van der Waals surface area contributed by atoms with Crippen LogP contribution in [0.15, 0.2) is 47.7 Å². The molecule has 1 saturated carbocycles. The highest BCUT2D eigenvalue weighted by Crippen LogP contribution is 2.61. The minimum atomic E-state index is -1.39. The summed E-state index contributed by atoms with van der Waals surface area (Å²) in [7, 11) is 3.04. The lowest BCUT2D eigenvalue weighted by atomic mass is 9.55. The molecule has 0 spiro atoms. The van der Waals surface area contributed by atoms with Crippen LogP contribution >= 0.6 is 0 Å². The molecule has 1 fully saturated rings. The van der Waals surface area contributed by atoms with Gasteiger partial charge in [-0.3, -0.25) is 0 Å². The van der Waals surface area contributed by atoms with Gasteiger partial charge in [0.05, 0.1) is 25.3 Å². The van der Waals surface area contributed by atoms with Crippen molar-refractivity contribution in [3.63, 3.8) is 0 Å². The summed E-state index contributed by atoms with van der Waals surface area (Å²) < 4.78 is 25.2. The van der Waals surface area contributed by atoms with Crippen molar-refractivity contribution >= 4 is 17.9 Å². The molecule has 6 atom stereocenters. The topological polar surface area (TPSA) is 148 Å². The summed E-state index contributed by atoms with van der Waals surface area (Å²) in [6.45, 7) is 12.9. The molecule has 1 aromatic rings. The monoisotopic (exact) mass is 826 g/mol. The lowest BCUT2D eigenvalue weighted by molar-refractivity contribution is -0.253. The number of amides is 2. The van der Waals surface area contributed by atoms with Crippen LogP contribution < -0.4 is 14.8 Å². The highest BCUT2D eigenvalue weighted by atomic mass is 16.7. The smallest absolute Gasteiger partial charge is 0.412 e. The molecule has 4 rings (SSSR count). The quantitative estimate of drug-likeness (QED) is 0.0498. The van der Waals surface area contributed by atoms with Crippen molar-refractivity contribution in [2.75, 3.05) is 40.5 Å². The van der Waals surface area contributed by atoms with E-state index in [0.29, 0.717) is 36.6 Å². The zero-order chi connectivity index (χ0) is 42.8. The third-order valence-corrected chi connectivity index (χ3v) is 12.0. The van der Waals surface area contributed by atoms with E-state index < -0.39 is 35.5 Å². The van der Waals surface area contributed by atoms with Gasteiger partial charge < -0.3 is 44.2 Å². The van der Waals surface area contributed by atoms with Crippen LogP contribution in [0.5, 0.6) is 11.5 Å². The van der Waals surface area contributed by atoms with Gasteiger partial charge in [0.15, 0.2) is 0 Å². The number of oxime groups is 1. The van der Waals surface area contributed by atoms with E-state index in [1.165, 1.54) is 57.0 Å². The summed E-state index contributed by atoms with van der Waals surface area (Å²) in [6, 6.07) is 4.80. The van der Waals surface area contributed by atoms with E-state index in [0.717, 1.165) is 56.1 Å². The van der Waals surface area contributed by atoms with Crippen LogP contribution in [0.4, 0.5) is 9.59 Å². The lowest BCUT2D eigenvalue weighted by Gasteiger charge is -2.59. The molecule has 0 saturated heterocycles. The number of unbranched alkanes of at least 4 members (excludes halogenated alkanes) is 11. The van der Waals surface area contributed by atoms with Crippen LogP contribution in [0.3, 0.4) is 0 Å². The molecule has 6 unspecified atom stereocenters. The van der Waals surface area contributed by atoms with Gasteiger partial charge in [0.1, 0.15) is 23.1 Å². The van der Waals surface area contributed by atoms with Crippen molar-refractivity contribution < 1.29 is 43.6 Å². The van der Waals surface area contributed by atoms with E-state index in [9.17, 15) is 19.8 Å². The molecule has 2 amide bonds. The number of aliphatic hydroxyl groups is 2. The SMILES string of the molecule is C=CCOC12Oc3ccc(OC(=O)NCCCCCCCCCCCC)cc3C3C(CCCCO)C(CCCCO)C=C(C(=NOC(C)(C)C)CC1N(C)C(=O)OC)C32. The second-order valence-corrected chi connectivity index (χ2v) is 17.6. The number of methoxy groups -OCH3 is 1. The Hall–Kier alpha value is -3.61. The third-order valence-electron chi connectivity index (χ3n) is 12.0. The van der Waals surface area contributed by atoms with Gasteiger partial charge in [-0.2, -0.15) is 0 Å². The predicted octanol–water partition coefficient (Wildman–Crippen LogP) is 9.83. The summed E-state index contributed by atoms with van der Waals surface area (Å²) >= 11 is 0. The van der Waals surface area contributed by atoms with Crippen molar-refractivity contribution in [2.24, 2.45) is 22.9 Å². The Morgan fingerprint density at radius 3 is 2.27 bits per heavy atom. The number of rotatable bonds is 25. The number of fused-ring (bicyclic) bond motifs is 2. The number of aliphatic hydroxyl groups excluding tert-OH is 2. The number of ether oxygens (including phenoxy) is 4. The Morgan fingerprint density at radius 2 is 1.64 bits per heavy atom. The molecule has 1 heterocycles. The largest absolute Gasteiger partial charge is 0.459 e. The van der Waals surface area contributed by atoms with Crippen molar-refractivity contribution in [1.29, 1.82) is 0 Å². The Morgan fingerprint density at radius 1 is 0.983 bits per heavy atom. The molecule has 59 heavy (non-hydrogen) atoms. The molecule has 12 heteroatoms. The summed E-state index contributed by atoms with van der Waals surface area (Å²) in [5.74, 6) is -1.02. The van der Waals surface area contributed by atoms with Gasteiger partial charge in [0.2, 0.25) is 5.79 Å². The Bertz CT molecular complexity index is 1540. The zero-order valence-electron chi connectivity index (χ0n) is 37.0. The number of likely N-dealkylation sites (N-methyl/N-ethyl adjacent to an activating group) is 1. The van der Waals surface area contributed by atoms with Gasteiger partial charge in [-0.15, -0.1) is 6.58 Å². The number of carbonyl (C=O) groups excluding carboxylic acids is 2. The van der Waals surface area contributed by atoms with E-state index in [2.05, 4.69) is 24.9 Å². The van der Waals surface area contributed by atoms with Crippen molar-refractivity contribution in [3.05, 3.63) is 48.1 Å². The molecule has 2 aliphatic carbocycles. The fourth-order valence-electron chi connectivity index (χ4n) is 9.20. The number of hydrogen-bond acceptors (Lipinski definition) is 10. The number of benzene rings is 1. The predicted molar refractivity (Wildman–Crippen MR) is 232 cm³/mol. The van der Waals surface area contributed by atoms with E-state index in [1.807, 2.05) is 32.9 Å². The van der Waals surface area contributed by atoms with Crippen LogP contribution in [-0.2, 0) is 14.3 Å². The van der Waals surface area contributed by atoms with Crippen LogP contribution in [-0.4, -0.2) is 91.0 Å². The first-order chi connectivity index (χ1) is 28.4. The maximum absolute atomic E-state index is 13.4. The molecule has 1 aliphatic heterocycles. The summed E-state index contributed by atoms with van der Waals surface area (Å²) in [5, 5.41) is 27.4. The van der Waals surface area contributed by atoms with Crippen LogP contribution in [0.25, 0.3) is 0 Å². The molecule has 0 bridgehead atoms. The molecule has 0 aromatic heterocycles. The molecular weight excluding hydrogens is 751 g/mol. The maximum atomic E-state index is 13.4. The van der Waals surface area contributed by atoms with Gasteiger partial charge in [0.25, 0.3) is 0 Å². The number of carbonyl (C=O) groups is 2. The summed E-state index contributed by atoms with van der Waals surface area (Å²) in [4.78, 5) is 34.2. The van der Waals surface area contributed by atoms with E-state index in [1.54, 1.807) is 19.2 Å². The fraction of sp³-hybridized carbons (Fsp3) is 0.723. The zero-order valence-corrected chi connectivity index (χ0v) is 37.0. The summed E-state index contributed by atoms with van der Waals surface area (Å²) in [5.41, 5.74) is 1.91.